The maximum Gasteiger partial charge on any atom is 0.170 e. The van der Waals surface area contributed by atoms with Crippen molar-refractivity contribution in [2.75, 3.05) is 6.54 Å². The molecule has 92 valence electrons. The van der Waals surface area contributed by atoms with Gasteiger partial charge in [0.05, 0.1) is 12.2 Å². The lowest BCUT2D eigenvalue weighted by atomic mass is 10.2. The first-order chi connectivity index (χ1) is 7.21. The molecule has 0 unspecified atom stereocenters. The molecular weight excluding hydrogens is 190 g/mol. The number of ether oxygens (including phenoxy) is 2. The van der Waals surface area contributed by atoms with Gasteiger partial charge in [-0.15, -0.1) is 0 Å². The highest BCUT2D eigenvalue weighted by molar-refractivity contribution is 4.58. The number of rotatable bonds is 9. The van der Waals surface area contributed by atoms with E-state index in [0.717, 1.165) is 25.7 Å². The maximum atomic E-state index is 5.78. The summed E-state index contributed by atoms with van der Waals surface area (Å²) in [6, 6.07) is 0. The number of nitrogens with two attached hydrogens (primary N) is 1. The van der Waals surface area contributed by atoms with Crippen LogP contribution in [0, 0.1) is 0 Å². The van der Waals surface area contributed by atoms with Gasteiger partial charge in [0.25, 0.3) is 0 Å². The van der Waals surface area contributed by atoms with Crippen molar-refractivity contribution in [2.45, 2.75) is 71.9 Å². The predicted octanol–water partition coefficient (Wildman–Crippen LogP) is 2.68. The average molecular weight is 217 g/mol. The summed E-state index contributed by atoms with van der Waals surface area (Å²) in [6.45, 7) is 8.93. The minimum Gasteiger partial charge on any atom is -0.348 e. The summed E-state index contributed by atoms with van der Waals surface area (Å²) in [7, 11) is 0. The normalized spacial score (nSPS) is 12.0. The van der Waals surface area contributed by atoms with Crippen LogP contribution in [0.2, 0.25) is 0 Å². The Morgan fingerprint density at radius 1 is 0.800 bits per heavy atom. The zero-order valence-electron chi connectivity index (χ0n) is 10.7. The smallest absolute Gasteiger partial charge is 0.170 e. The van der Waals surface area contributed by atoms with E-state index in [1.165, 1.54) is 0 Å². The van der Waals surface area contributed by atoms with Crippen LogP contribution in [0.1, 0.15) is 53.4 Å². The van der Waals surface area contributed by atoms with Crippen molar-refractivity contribution in [3.8, 4) is 0 Å². The molecule has 0 saturated heterocycles. The highest BCUT2D eigenvalue weighted by atomic mass is 16.7. The summed E-state index contributed by atoms with van der Waals surface area (Å²) in [5, 5.41) is 0. The van der Waals surface area contributed by atoms with E-state index >= 15 is 0 Å². The molecule has 0 amide bonds. The Balaban J connectivity index is 4.00. The van der Waals surface area contributed by atoms with Gasteiger partial charge in [0.2, 0.25) is 0 Å². The van der Waals surface area contributed by atoms with Crippen molar-refractivity contribution in [1.82, 2.24) is 0 Å². The summed E-state index contributed by atoms with van der Waals surface area (Å²) in [4.78, 5) is 0. The fourth-order valence-electron chi connectivity index (χ4n) is 1.53. The largest absolute Gasteiger partial charge is 0.348 e. The van der Waals surface area contributed by atoms with Gasteiger partial charge in [-0.3, -0.25) is 0 Å². The topological polar surface area (TPSA) is 44.5 Å². The molecule has 0 aliphatic carbocycles. The van der Waals surface area contributed by atoms with Crippen LogP contribution in [-0.4, -0.2) is 25.0 Å². The molecule has 0 aromatic carbocycles. The van der Waals surface area contributed by atoms with Crippen LogP contribution in [0.3, 0.4) is 0 Å². The molecule has 0 rings (SSSR count). The molecule has 0 aliphatic rings. The van der Waals surface area contributed by atoms with Crippen molar-refractivity contribution < 1.29 is 9.47 Å². The van der Waals surface area contributed by atoms with E-state index in [-0.39, 0.29) is 18.5 Å². The zero-order chi connectivity index (χ0) is 11.7. The highest BCUT2D eigenvalue weighted by Crippen LogP contribution is 2.12. The fourth-order valence-corrected chi connectivity index (χ4v) is 1.53. The molecule has 0 bridgehead atoms. The monoisotopic (exact) mass is 217 g/mol. The lowest BCUT2D eigenvalue weighted by Gasteiger charge is -2.26. The van der Waals surface area contributed by atoms with E-state index in [2.05, 4.69) is 27.7 Å². The summed E-state index contributed by atoms with van der Waals surface area (Å²) in [5.74, 6) is 0. The summed E-state index contributed by atoms with van der Waals surface area (Å²) < 4.78 is 11.6. The molecule has 0 aliphatic heterocycles. The Labute approximate surface area is 94.3 Å². The first-order valence-corrected chi connectivity index (χ1v) is 6.22. The SMILES string of the molecule is CCC(CC)OC(CN)OC(CC)CC. The van der Waals surface area contributed by atoms with Crippen molar-refractivity contribution in [3.05, 3.63) is 0 Å². The van der Waals surface area contributed by atoms with Crippen LogP contribution in [-0.2, 0) is 9.47 Å². The van der Waals surface area contributed by atoms with Crippen molar-refractivity contribution >= 4 is 0 Å². The molecule has 0 spiro atoms. The van der Waals surface area contributed by atoms with Crippen LogP contribution in [0.5, 0.6) is 0 Å². The molecule has 0 aromatic rings. The molecular formula is C12H27NO2. The molecule has 0 aromatic heterocycles. The quantitative estimate of drug-likeness (QED) is 0.604. The summed E-state index contributed by atoms with van der Waals surface area (Å²) in [6.07, 6.45) is 4.36. The van der Waals surface area contributed by atoms with E-state index in [0.29, 0.717) is 6.54 Å². The van der Waals surface area contributed by atoms with Crippen LogP contribution in [0.25, 0.3) is 0 Å². The molecule has 15 heavy (non-hydrogen) atoms. The standard InChI is InChI=1S/C12H27NO2/c1-5-10(6-2)14-12(9-13)15-11(7-3)8-4/h10-12H,5-9,13H2,1-4H3. The van der Waals surface area contributed by atoms with Crippen LogP contribution < -0.4 is 5.73 Å². The van der Waals surface area contributed by atoms with E-state index in [4.69, 9.17) is 15.2 Å². The zero-order valence-corrected chi connectivity index (χ0v) is 10.7. The predicted molar refractivity (Wildman–Crippen MR) is 63.8 cm³/mol. The second-order valence-corrected chi connectivity index (χ2v) is 3.81. The van der Waals surface area contributed by atoms with Gasteiger partial charge in [-0.05, 0) is 25.7 Å². The van der Waals surface area contributed by atoms with Crippen LogP contribution in [0.15, 0.2) is 0 Å². The molecule has 0 heterocycles. The van der Waals surface area contributed by atoms with Gasteiger partial charge >= 0.3 is 0 Å². The summed E-state index contributed by atoms with van der Waals surface area (Å²) in [5.41, 5.74) is 5.64. The Morgan fingerprint density at radius 2 is 1.13 bits per heavy atom. The first kappa shape index (κ1) is 14.9. The van der Waals surface area contributed by atoms with E-state index in [1.54, 1.807) is 0 Å². The molecule has 0 atom stereocenters. The molecule has 3 heteroatoms. The van der Waals surface area contributed by atoms with Crippen molar-refractivity contribution in [2.24, 2.45) is 5.73 Å². The van der Waals surface area contributed by atoms with Gasteiger partial charge in [-0.1, -0.05) is 27.7 Å². The van der Waals surface area contributed by atoms with Gasteiger partial charge in [-0.2, -0.15) is 0 Å². The van der Waals surface area contributed by atoms with Crippen molar-refractivity contribution in [1.29, 1.82) is 0 Å². The van der Waals surface area contributed by atoms with Gasteiger partial charge in [0.1, 0.15) is 0 Å². The fraction of sp³-hybridized carbons (Fsp3) is 1.00. The summed E-state index contributed by atoms with van der Waals surface area (Å²) >= 11 is 0. The average Bonchev–Trinajstić information content (AvgIpc) is 2.30. The van der Waals surface area contributed by atoms with Crippen LogP contribution >= 0.6 is 0 Å². The minimum atomic E-state index is -0.236. The third kappa shape index (κ3) is 6.13. The van der Waals surface area contributed by atoms with Crippen molar-refractivity contribution in [3.63, 3.8) is 0 Å². The Hall–Kier alpha value is -0.120. The molecule has 0 saturated carbocycles. The molecule has 3 nitrogen and oxygen atoms in total. The molecule has 2 N–H and O–H groups in total. The maximum absolute atomic E-state index is 5.78. The van der Waals surface area contributed by atoms with Gasteiger partial charge in [0.15, 0.2) is 6.29 Å². The van der Waals surface area contributed by atoms with E-state index in [1.807, 2.05) is 0 Å². The first-order valence-electron chi connectivity index (χ1n) is 6.22. The Kier molecular flexibility index (Phi) is 9.06. The van der Waals surface area contributed by atoms with Crippen LogP contribution in [0.4, 0.5) is 0 Å². The molecule has 0 radical (unpaired) electrons. The third-order valence-electron chi connectivity index (χ3n) is 2.70. The number of hydrogen-bond donors (Lipinski definition) is 1. The lowest BCUT2D eigenvalue weighted by Crippen LogP contribution is -2.34. The highest BCUT2D eigenvalue weighted by Gasteiger charge is 2.16. The van der Waals surface area contributed by atoms with Gasteiger partial charge in [-0.25, -0.2) is 0 Å². The van der Waals surface area contributed by atoms with E-state index < -0.39 is 0 Å². The van der Waals surface area contributed by atoms with E-state index in [9.17, 15) is 0 Å². The Bertz CT molecular complexity index is 120. The molecule has 0 fully saturated rings. The second-order valence-electron chi connectivity index (χ2n) is 3.81. The van der Waals surface area contributed by atoms with Gasteiger partial charge in [0, 0.05) is 6.54 Å². The number of hydrogen-bond acceptors (Lipinski definition) is 3. The van der Waals surface area contributed by atoms with Gasteiger partial charge < -0.3 is 15.2 Å². The minimum absolute atomic E-state index is 0.236. The lowest BCUT2D eigenvalue weighted by molar-refractivity contribution is -0.190. The second kappa shape index (κ2) is 9.13. The third-order valence-corrected chi connectivity index (χ3v) is 2.70. The Morgan fingerprint density at radius 3 is 1.33 bits per heavy atom.